The summed E-state index contributed by atoms with van der Waals surface area (Å²) in [5, 5.41) is 0. The summed E-state index contributed by atoms with van der Waals surface area (Å²) in [6.45, 7) is 0. The maximum Gasteiger partial charge on any atom is 0.136 e. The molecule has 0 radical (unpaired) electrons. The van der Waals surface area contributed by atoms with E-state index < -0.39 is 0 Å². The highest BCUT2D eigenvalue weighted by Crippen LogP contribution is 2.43. The molecular formula is C9H12O2. The Balaban J connectivity index is 2.05. The van der Waals surface area contributed by atoms with Crippen molar-refractivity contribution >= 4 is 11.6 Å². The smallest absolute Gasteiger partial charge is 0.136 e. The summed E-state index contributed by atoms with van der Waals surface area (Å²) < 4.78 is 0. The molecule has 0 aromatic heterocycles. The normalized spacial score (nSPS) is 37.5. The van der Waals surface area contributed by atoms with Gasteiger partial charge in [0, 0.05) is 24.7 Å². The van der Waals surface area contributed by atoms with Gasteiger partial charge in [-0.25, -0.2) is 0 Å². The Morgan fingerprint density at radius 2 is 1.36 bits per heavy atom. The van der Waals surface area contributed by atoms with Gasteiger partial charge in [0.05, 0.1) is 0 Å². The van der Waals surface area contributed by atoms with Crippen LogP contribution in [0.1, 0.15) is 32.1 Å². The lowest BCUT2D eigenvalue weighted by Crippen LogP contribution is -2.11. The Labute approximate surface area is 66.0 Å². The minimum Gasteiger partial charge on any atom is -0.299 e. The first-order chi connectivity index (χ1) is 5.29. The molecule has 11 heavy (non-hydrogen) atoms. The number of rotatable bonds is 0. The van der Waals surface area contributed by atoms with Crippen molar-refractivity contribution in [2.75, 3.05) is 0 Å². The fourth-order valence-corrected chi connectivity index (χ4v) is 1.88. The van der Waals surface area contributed by atoms with Crippen LogP contribution in [0.2, 0.25) is 0 Å². The molecule has 2 fully saturated rings. The molecule has 0 aromatic carbocycles. The highest BCUT2D eigenvalue weighted by Gasteiger charge is 2.47. The second kappa shape index (κ2) is 2.43. The molecule has 0 aliphatic heterocycles. The standard InChI is InChI=1S/C9H12O2/c10-8-3-1-2-4-9(11)7-5-6(7)8/h6-7H,1-5H2/t6-,7-/m1/s1. The number of hydrogen-bond donors (Lipinski definition) is 0. The van der Waals surface area contributed by atoms with Gasteiger partial charge in [-0.2, -0.15) is 0 Å². The zero-order chi connectivity index (χ0) is 7.84. The molecule has 2 saturated carbocycles. The van der Waals surface area contributed by atoms with Gasteiger partial charge >= 0.3 is 0 Å². The zero-order valence-corrected chi connectivity index (χ0v) is 6.51. The molecule has 2 heteroatoms. The molecule has 2 atom stereocenters. The van der Waals surface area contributed by atoms with Crippen LogP contribution in [0.4, 0.5) is 0 Å². The SMILES string of the molecule is O=C1CCCCC(=O)[C@@H]2C[C@@H]12. The van der Waals surface area contributed by atoms with Crippen LogP contribution in [-0.2, 0) is 9.59 Å². The number of hydrogen-bond acceptors (Lipinski definition) is 2. The maximum atomic E-state index is 11.2. The van der Waals surface area contributed by atoms with Crippen LogP contribution in [0.15, 0.2) is 0 Å². The molecular weight excluding hydrogens is 140 g/mol. The Bertz CT molecular complexity index is 186. The van der Waals surface area contributed by atoms with Crippen molar-refractivity contribution < 1.29 is 9.59 Å². The third-order valence-electron chi connectivity index (χ3n) is 2.71. The first-order valence-electron chi connectivity index (χ1n) is 4.34. The van der Waals surface area contributed by atoms with Crippen LogP contribution < -0.4 is 0 Å². The fourth-order valence-electron chi connectivity index (χ4n) is 1.88. The summed E-state index contributed by atoms with van der Waals surface area (Å²) in [6.07, 6.45) is 4.14. The van der Waals surface area contributed by atoms with E-state index >= 15 is 0 Å². The van der Waals surface area contributed by atoms with E-state index in [1.807, 2.05) is 0 Å². The Kier molecular flexibility index (Phi) is 1.55. The van der Waals surface area contributed by atoms with Gasteiger partial charge in [0.1, 0.15) is 11.6 Å². The van der Waals surface area contributed by atoms with Gasteiger partial charge in [-0.1, -0.05) is 0 Å². The van der Waals surface area contributed by atoms with Crippen LogP contribution in [0.3, 0.4) is 0 Å². The molecule has 0 unspecified atom stereocenters. The van der Waals surface area contributed by atoms with E-state index in [2.05, 4.69) is 0 Å². The van der Waals surface area contributed by atoms with E-state index in [-0.39, 0.29) is 11.8 Å². The second-order valence-corrected chi connectivity index (χ2v) is 3.59. The molecule has 0 spiro atoms. The van der Waals surface area contributed by atoms with Gasteiger partial charge in [0.25, 0.3) is 0 Å². The Morgan fingerprint density at radius 3 is 1.82 bits per heavy atom. The van der Waals surface area contributed by atoms with Crippen molar-refractivity contribution in [3.63, 3.8) is 0 Å². The highest BCUT2D eigenvalue weighted by atomic mass is 16.1. The highest BCUT2D eigenvalue weighted by molar-refractivity contribution is 5.94. The van der Waals surface area contributed by atoms with Crippen molar-refractivity contribution in [1.82, 2.24) is 0 Å². The number of Topliss-reactive ketones (excluding diaryl/α,β-unsaturated/α-hetero) is 2. The van der Waals surface area contributed by atoms with Crippen LogP contribution in [0.5, 0.6) is 0 Å². The molecule has 0 aromatic rings. The van der Waals surface area contributed by atoms with Crippen molar-refractivity contribution in [2.24, 2.45) is 11.8 Å². The number of ketones is 2. The summed E-state index contributed by atoms with van der Waals surface area (Å²) in [5.41, 5.74) is 0. The third kappa shape index (κ3) is 1.22. The molecule has 2 rings (SSSR count). The quantitative estimate of drug-likeness (QED) is 0.524. The molecule has 0 bridgehead atoms. The van der Waals surface area contributed by atoms with Crippen LogP contribution >= 0.6 is 0 Å². The van der Waals surface area contributed by atoms with Crippen LogP contribution in [0.25, 0.3) is 0 Å². The number of carbonyl (C=O) groups is 2. The molecule has 60 valence electrons. The summed E-state index contributed by atoms with van der Waals surface area (Å²) in [5.74, 6) is 0.955. The lowest BCUT2D eigenvalue weighted by Gasteiger charge is -2.04. The molecule has 0 saturated heterocycles. The predicted molar refractivity (Wildman–Crippen MR) is 40.1 cm³/mol. The summed E-state index contributed by atoms with van der Waals surface area (Å²) in [6, 6.07) is 0. The summed E-state index contributed by atoms with van der Waals surface area (Å²) in [7, 11) is 0. The maximum absolute atomic E-state index is 11.2. The first kappa shape index (κ1) is 7.01. The zero-order valence-electron chi connectivity index (χ0n) is 6.51. The summed E-state index contributed by atoms with van der Waals surface area (Å²) >= 11 is 0. The lowest BCUT2D eigenvalue weighted by molar-refractivity contribution is -0.126. The number of fused-ring (bicyclic) bond motifs is 1. The van der Waals surface area contributed by atoms with E-state index in [1.165, 1.54) is 0 Å². The van der Waals surface area contributed by atoms with Crippen molar-refractivity contribution in [3.8, 4) is 0 Å². The van der Waals surface area contributed by atoms with Gasteiger partial charge in [0.15, 0.2) is 0 Å². The largest absolute Gasteiger partial charge is 0.299 e. The van der Waals surface area contributed by atoms with E-state index in [1.54, 1.807) is 0 Å². The van der Waals surface area contributed by atoms with E-state index in [4.69, 9.17) is 0 Å². The van der Waals surface area contributed by atoms with Crippen molar-refractivity contribution in [3.05, 3.63) is 0 Å². The average Bonchev–Trinajstić information content (AvgIpc) is 2.73. The molecule has 0 N–H and O–H groups in total. The topological polar surface area (TPSA) is 34.1 Å². The molecule has 0 amide bonds. The van der Waals surface area contributed by atoms with E-state index in [0.717, 1.165) is 19.3 Å². The van der Waals surface area contributed by atoms with Gasteiger partial charge in [-0.15, -0.1) is 0 Å². The van der Waals surface area contributed by atoms with Gasteiger partial charge < -0.3 is 0 Å². The van der Waals surface area contributed by atoms with Gasteiger partial charge in [-0.3, -0.25) is 9.59 Å². The molecule has 2 aliphatic carbocycles. The molecule has 0 heterocycles. The van der Waals surface area contributed by atoms with Crippen LogP contribution in [-0.4, -0.2) is 11.6 Å². The van der Waals surface area contributed by atoms with E-state index in [0.29, 0.717) is 24.4 Å². The van der Waals surface area contributed by atoms with E-state index in [9.17, 15) is 9.59 Å². The monoisotopic (exact) mass is 152 g/mol. The molecule has 2 aliphatic rings. The fraction of sp³-hybridized carbons (Fsp3) is 0.778. The minimum absolute atomic E-state index is 0.141. The second-order valence-electron chi connectivity index (χ2n) is 3.59. The lowest BCUT2D eigenvalue weighted by atomic mass is 9.99. The van der Waals surface area contributed by atoms with Gasteiger partial charge in [-0.05, 0) is 19.3 Å². The Hall–Kier alpha value is -0.660. The summed E-state index contributed by atoms with van der Waals surface area (Å²) in [4.78, 5) is 22.4. The molecule has 2 nitrogen and oxygen atoms in total. The van der Waals surface area contributed by atoms with Gasteiger partial charge in [0.2, 0.25) is 0 Å². The van der Waals surface area contributed by atoms with Crippen LogP contribution in [0, 0.1) is 11.8 Å². The van der Waals surface area contributed by atoms with Crippen molar-refractivity contribution in [1.29, 1.82) is 0 Å². The average molecular weight is 152 g/mol. The number of carbonyl (C=O) groups excluding carboxylic acids is 2. The minimum atomic E-state index is 0.141. The van der Waals surface area contributed by atoms with Crippen molar-refractivity contribution in [2.45, 2.75) is 32.1 Å². The third-order valence-corrected chi connectivity index (χ3v) is 2.71. The Morgan fingerprint density at radius 1 is 0.909 bits per heavy atom. The first-order valence-corrected chi connectivity index (χ1v) is 4.34. The predicted octanol–water partition coefficient (Wildman–Crippen LogP) is 1.33.